The Bertz CT molecular complexity index is 441. The second kappa shape index (κ2) is 9.11. The van der Waals surface area contributed by atoms with Gasteiger partial charge in [0.25, 0.3) is 0 Å². The molecule has 0 radical (unpaired) electrons. The number of methoxy groups -OCH3 is 1. The molecule has 1 fully saturated rings. The number of carbonyl (C=O) groups is 1. The second-order valence-electron chi connectivity index (χ2n) is 5.33. The summed E-state index contributed by atoms with van der Waals surface area (Å²) < 4.78 is 10.6. The molecule has 3 nitrogen and oxygen atoms in total. The minimum Gasteiger partial charge on any atom is -0.490 e. The van der Waals surface area contributed by atoms with Gasteiger partial charge in [-0.1, -0.05) is 31.4 Å². The molecule has 0 saturated heterocycles. The van der Waals surface area contributed by atoms with Crippen molar-refractivity contribution in [3.05, 3.63) is 29.8 Å². The van der Waals surface area contributed by atoms with Crippen LogP contribution in [0.2, 0.25) is 0 Å². The van der Waals surface area contributed by atoms with Crippen LogP contribution in [0.5, 0.6) is 5.75 Å². The number of ether oxygens (including phenoxy) is 2. The zero-order valence-corrected chi connectivity index (χ0v) is 13.5. The van der Waals surface area contributed by atoms with Crippen LogP contribution < -0.4 is 4.74 Å². The van der Waals surface area contributed by atoms with Crippen LogP contribution in [0.25, 0.3) is 0 Å². The molecule has 4 heteroatoms. The lowest BCUT2D eigenvalue weighted by Gasteiger charge is -2.20. The predicted octanol–water partition coefficient (Wildman–Crippen LogP) is 3.96. The molecule has 1 saturated carbocycles. The Labute approximate surface area is 131 Å². The third kappa shape index (κ3) is 5.36. The largest absolute Gasteiger partial charge is 0.490 e. The highest BCUT2D eigenvalue weighted by Crippen LogP contribution is 2.29. The van der Waals surface area contributed by atoms with E-state index in [2.05, 4.69) is 0 Å². The Hall–Kier alpha value is -1.000. The molecule has 1 aromatic rings. The number of ketones is 1. The molecule has 1 aliphatic carbocycles. The van der Waals surface area contributed by atoms with Crippen molar-refractivity contribution < 1.29 is 14.3 Å². The maximum atomic E-state index is 12.4. The van der Waals surface area contributed by atoms with E-state index in [0.29, 0.717) is 35.5 Å². The van der Waals surface area contributed by atoms with E-state index in [-0.39, 0.29) is 5.78 Å². The van der Waals surface area contributed by atoms with E-state index in [1.807, 2.05) is 36.0 Å². The summed E-state index contributed by atoms with van der Waals surface area (Å²) in [6, 6.07) is 7.49. The van der Waals surface area contributed by atoms with Gasteiger partial charge in [0.2, 0.25) is 0 Å². The summed E-state index contributed by atoms with van der Waals surface area (Å²) in [6.07, 6.45) is 6.47. The van der Waals surface area contributed by atoms with Crippen LogP contribution in [-0.2, 0) is 4.74 Å². The fourth-order valence-corrected chi connectivity index (χ4v) is 3.77. The number of rotatable bonds is 8. The van der Waals surface area contributed by atoms with Gasteiger partial charge >= 0.3 is 0 Å². The molecule has 0 heterocycles. The predicted molar refractivity (Wildman–Crippen MR) is 87.5 cm³/mol. The highest BCUT2D eigenvalue weighted by Gasteiger charge is 2.17. The third-order valence-electron chi connectivity index (χ3n) is 3.73. The number of hydrogen-bond donors (Lipinski definition) is 0. The summed E-state index contributed by atoms with van der Waals surface area (Å²) in [5, 5.41) is 0.657. The first kappa shape index (κ1) is 16.4. The summed E-state index contributed by atoms with van der Waals surface area (Å²) in [7, 11) is 1.64. The monoisotopic (exact) mass is 308 g/mol. The van der Waals surface area contributed by atoms with E-state index < -0.39 is 0 Å². The van der Waals surface area contributed by atoms with Gasteiger partial charge in [0, 0.05) is 12.4 Å². The highest BCUT2D eigenvalue weighted by atomic mass is 32.2. The normalized spacial score (nSPS) is 15.9. The minimum absolute atomic E-state index is 0.165. The first-order valence-corrected chi connectivity index (χ1v) is 8.71. The molecule has 0 aliphatic heterocycles. The molecule has 1 aliphatic rings. The van der Waals surface area contributed by atoms with Gasteiger partial charge in [-0.25, -0.2) is 0 Å². The Balaban J connectivity index is 1.88. The molecule has 21 heavy (non-hydrogen) atoms. The lowest BCUT2D eigenvalue weighted by Crippen LogP contribution is -2.13. The maximum Gasteiger partial charge on any atom is 0.176 e. The number of para-hydroxylation sites is 1. The van der Waals surface area contributed by atoms with Gasteiger partial charge in [-0.15, -0.1) is 0 Å². The van der Waals surface area contributed by atoms with Gasteiger partial charge in [-0.2, -0.15) is 11.8 Å². The smallest absolute Gasteiger partial charge is 0.176 e. The fraction of sp³-hybridized carbons (Fsp3) is 0.588. The Kier molecular flexibility index (Phi) is 7.10. The summed E-state index contributed by atoms with van der Waals surface area (Å²) in [5.41, 5.74) is 0.692. The molecule has 1 aromatic carbocycles. The molecular weight excluding hydrogens is 284 g/mol. The van der Waals surface area contributed by atoms with E-state index in [4.69, 9.17) is 9.47 Å². The van der Waals surface area contributed by atoms with E-state index in [9.17, 15) is 4.79 Å². The summed E-state index contributed by atoms with van der Waals surface area (Å²) >= 11 is 1.81. The van der Waals surface area contributed by atoms with Crippen molar-refractivity contribution in [2.24, 2.45) is 0 Å². The Morgan fingerprint density at radius 3 is 2.71 bits per heavy atom. The van der Waals surface area contributed by atoms with Gasteiger partial charge < -0.3 is 9.47 Å². The average Bonchev–Trinajstić information content (AvgIpc) is 2.54. The Morgan fingerprint density at radius 2 is 1.95 bits per heavy atom. The molecule has 0 amide bonds. The molecule has 0 N–H and O–H groups in total. The maximum absolute atomic E-state index is 12.4. The second-order valence-corrected chi connectivity index (χ2v) is 6.62. The zero-order chi connectivity index (χ0) is 14.9. The van der Waals surface area contributed by atoms with Gasteiger partial charge in [-0.05, 0) is 25.0 Å². The lowest BCUT2D eigenvalue weighted by atomic mass is 10.0. The van der Waals surface area contributed by atoms with Gasteiger partial charge in [0.15, 0.2) is 5.78 Å². The SMILES string of the molecule is COCCOc1ccccc1C(=O)CSC1CCCCC1. The zero-order valence-electron chi connectivity index (χ0n) is 12.7. The van der Waals surface area contributed by atoms with Crippen LogP contribution in [0, 0.1) is 0 Å². The van der Waals surface area contributed by atoms with E-state index >= 15 is 0 Å². The van der Waals surface area contributed by atoms with E-state index in [0.717, 1.165) is 0 Å². The molecular formula is C17H24O3S. The molecule has 0 unspecified atom stereocenters. The minimum atomic E-state index is 0.165. The molecule has 0 aromatic heterocycles. The van der Waals surface area contributed by atoms with Crippen LogP contribution in [0.1, 0.15) is 42.5 Å². The summed E-state index contributed by atoms with van der Waals surface area (Å²) in [5.74, 6) is 1.39. The average molecular weight is 308 g/mol. The van der Waals surface area contributed by atoms with Crippen molar-refractivity contribution in [2.45, 2.75) is 37.4 Å². The molecule has 2 rings (SSSR count). The topological polar surface area (TPSA) is 35.5 Å². The third-order valence-corrected chi connectivity index (χ3v) is 5.11. The number of Topliss-reactive ketones (excluding diaryl/α,β-unsaturated/α-hetero) is 1. The van der Waals surface area contributed by atoms with Crippen molar-refractivity contribution in [3.8, 4) is 5.75 Å². The van der Waals surface area contributed by atoms with Gasteiger partial charge in [-0.3, -0.25) is 4.79 Å². The first-order valence-electron chi connectivity index (χ1n) is 7.67. The quantitative estimate of drug-likeness (QED) is 0.538. The first-order chi connectivity index (χ1) is 10.3. The van der Waals surface area contributed by atoms with Crippen LogP contribution >= 0.6 is 11.8 Å². The molecule has 116 valence electrons. The van der Waals surface area contributed by atoms with Crippen molar-refractivity contribution in [2.75, 3.05) is 26.1 Å². The van der Waals surface area contributed by atoms with Crippen molar-refractivity contribution in [1.82, 2.24) is 0 Å². The van der Waals surface area contributed by atoms with Crippen molar-refractivity contribution in [3.63, 3.8) is 0 Å². The number of hydrogen-bond acceptors (Lipinski definition) is 4. The molecule has 0 atom stereocenters. The highest BCUT2D eigenvalue weighted by molar-refractivity contribution is 8.00. The molecule has 0 bridgehead atoms. The number of thioether (sulfide) groups is 1. The van der Waals surface area contributed by atoms with Crippen LogP contribution in [-0.4, -0.2) is 37.1 Å². The van der Waals surface area contributed by atoms with E-state index in [1.165, 1.54) is 32.1 Å². The van der Waals surface area contributed by atoms with Crippen molar-refractivity contribution in [1.29, 1.82) is 0 Å². The number of carbonyl (C=O) groups excluding carboxylic acids is 1. The number of benzene rings is 1. The van der Waals surface area contributed by atoms with Crippen LogP contribution in [0.15, 0.2) is 24.3 Å². The van der Waals surface area contributed by atoms with Crippen LogP contribution in [0.3, 0.4) is 0 Å². The lowest BCUT2D eigenvalue weighted by molar-refractivity contribution is 0.101. The summed E-state index contributed by atoms with van der Waals surface area (Å²) in [4.78, 5) is 12.4. The molecule has 0 spiro atoms. The van der Waals surface area contributed by atoms with Crippen molar-refractivity contribution >= 4 is 17.5 Å². The standard InChI is InChI=1S/C17H24O3S/c1-19-11-12-20-17-10-6-5-9-15(17)16(18)13-21-14-7-3-2-4-8-14/h5-6,9-10,14H,2-4,7-8,11-13H2,1H3. The fourth-order valence-electron chi connectivity index (χ4n) is 2.56. The van der Waals surface area contributed by atoms with E-state index in [1.54, 1.807) is 7.11 Å². The summed E-state index contributed by atoms with van der Waals surface area (Å²) in [6.45, 7) is 0.996. The van der Waals surface area contributed by atoms with Crippen LogP contribution in [0.4, 0.5) is 0 Å². The Morgan fingerprint density at radius 1 is 1.19 bits per heavy atom. The van der Waals surface area contributed by atoms with Gasteiger partial charge in [0.1, 0.15) is 12.4 Å². The van der Waals surface area contributed by atoms with Gasteiger partial charge in [0.05, 0.1) is 17.9 Å².